The number of ether oxygens (including phenoxy) is 1. The Bertz CT molecular complexity index is 188. The van der Waals surface area contributed by atoms with E-state index in [1.165, 1.54) is 0 Å². The summed E-state index contributed by atoms with van der Waals surface area (Å²) < 4.78 is 5.69. The zero-order chi connectivity index (χ0) is 9.68. The van der Waals surface area contributed by atoms with Crippen molar-refractivity contribution in [1.29, 1.82) is 5.26 Å². The number of likely N-dealkylation sites (N-methyl/N-ethyl adjacent to an activating group) is 1. The topological polar surface area (TPSA) is 36.3 Å². The lowest BCUT2D eigenvalue weighted by atomic mass is 10.2. The smallest absolute Gasteiger partial charge is 0.0866 e. The SMILES string of the molecule is CCN(CC#N)CC1CCC(C)O1. The van der Waals surface area contributed by atoms with Crippen molar-refractivity contribution >= 4 is 0 Å². The van der Waals surface area contributed by atoms with Crippen LogP contribution >= 0.6 is 0 Å². The number of nitriles is 1. The molecule has 1 aliphatic rings. The molecule has 2 unspecified atom stereocenters. The van der Waals surface area contributed by atoms with Gasteiger partial charge >= 0.3 is 0 Å². The minimum atomic E-state index is 0.350. The van der Waals surface area contributed by atoms with Crippen LogP contribution in [0.15, 0.2) is 0 Å². The first-order chi connectivity index (χ1) is 6.26. The van der Waals surface area contributed by atoms with Crippen LogP contribution in [0.4, 0.5) is 0 Å². The van der Waals surface area contributed by atoms with E-state index in [1.54, 1.807) is 0 Å². The second-order valence-electron chi connectivity index (χ2n) is 3.63. The molecule has 2 atom stereocenters. The van der Waals surface area contributed by atoms with Crippen LogP contribution in [0.1, 0.15) is 26.7 Å². The molecule has 0 aromatic rings. The monoisotopic (exact) mass is 182 g/mol. The third-order valence-electron chi connectivity index (χ3n) is 2.52. The Morgan fingerprint density at radius 3 is 2.77 bits per heavy atom. The Labute approximate surface area is 80.3 Å². The molecule has 0 aromatic heterocycles. The van der Waals surface area contributed by atoms with Crippen molar-refractivity contribution in [3.63, 3.8) is 0 Å². The fourth-order valence-corrected chi connectivity index (χ4v) is 1.71. The molecule has 0 spiro atoms. The molecule has 1 fully saturated rings. The van der Waals surface area contributed by atoms with Gasteiger partial charge in [-0.25, -0.2) is 0 Å². The van der Waals surface area contributed by atoms with Gasteiger partial charge in [0.25, 0.3) is 0 Å². The van der Waals surface area contributed by atoms with E-state index in [2.05, 4.69) is 24.8 Å². The summed E-state index contributed by atoms with van der Waals surface area (Å²) in [6.45, 7) is 6.55. The zero-order valence-corrected chi connectivity index (χ0v) is 8.49. The lowest BCUT2D eigenvalue weighted by Crippen LogP contribution is -2.32. The summed E-state index contributed by atoms with van der Waals surface area (Å²) in [7, 11) is 0. The van der Waals surface area contributed by atoms with E-state index in [0.717, 1.165) is 25.9 Å². The van der Waals surface area contributed by atoms with Gasteiger partial charge in [0.15, 0.2) is 0 Å². The van der Waals surface area contributed by atoms with E-state index in [-0.39, 0.29) is 0 Å². The molecule has 0 radical (unpaired) electrons. The molecule has 1 heterocycles. The molecule has 0 bridgehead atoms. The fourth-order valence-electron chi connectivity index (χ4n) is 1.71. The fraction of sp³-hybridized carbons (Fsp3) is 0.900. The lowest BCUT2D eigenvalue weighted by Gasteiger charge is -2.20. The lowest BCUT2D eigenvalue weighted by molar-refractivity contribution is 0.0350. The van der Waals surface area contributed by atoms with E-state index in [0.29, 0.717) is 18.8 Å². The molecule has 1 saturated heterocycles. The summed E-state index contributed by atoms with van der Waals surface area (Å²) in [5.41, 5.74) is 0. The third-order valence-corrected chi connectivity index (χ3v) is 2.52. The summed E-state index contributed by atoms with van der Waals surface area (Å²) >= 11 is 0. The first kappa shape index (κ1) is 10.5. The van der Waals surface area contributed by atoms with Crippen LogP contribution in [0, 0.1) is 11.3 Å². The van der Waals surface area contributed by atoms with E-state index < -0.39 is 0 Å². The van der Waals surface area contributed by atoms with Gasteiger partial charge in [-0.05, 0) is 26.3 Å². The molecule has 13 heavy (non-hydrogen) atoms. The average Bonchev–Trinajstić information content (AvgIpc) is 2.50. The van der Waals surface area contributed by atoms with Crippen LogP contribution in [0.3, 0.4) is 0 Å². The number of hydrogen-bond donors (Lipinski definition) is 0. The maximum Gasteiger partial charge on any atom is 0.0866 e. The molecule has 1 aliphatic heterocycles. The molecule has 0 aliphatic carbocycles. The van der Waals surface area contributed by atoms with Crippen molar-refractivity contribution in [2.45, 2.75) is 38.9 Å². The van der Waals surface area contributed by atoms with Crippen LogP contribution in [-0.2, 0) is 4.74 Å². The van der Waals surface area contributed by atoms with E-state index in [9.17, 15) is 0 Å². The summed E-state index contributed by atoms with van der Waals surface area (Å²) in [5.74, 6) is 0. The van der Waals surface area contributed by atoms with Gasteiger partial charge in [0.2, 0.25) is 0 Å². The van der Waals surface area contributed by atoms with Crippen molar-refractivity contribution < 1.29 is 4.74 Å². The van der Waals surface area contributed by atoms with Gasteiger partial charge in [0.1, 0.15) is 0 Å². The molecule has 3 nitrogen and oxygen atoms in total. The Hall–Kier alpha value is -0.590. The van der Waals surface area contributed by atoms with Crippen LogP contribution < -0.4 is 0 Å². The van der Waals surface area contributed by atoms with Crippen LogP contribution in [0.5, 0.6) is 0 Å². The molecular weight excluding hydrogens is 164 g/mol. The predicted octanol–water partition coefficient (Wildman–Crippen LogP) is 1.40. The quantitative estimate of drug-likeness (QED) is 0.617. The highest BCUT2D eigenvalue weighted by Gasteiger charge is 2.23. The average molecular weight is 182 g/mol. The first-order valence-electron chi connectivity index (χ1n) is 5.01. The Morgan fingerprint density at radius 1 is 1.54 bits per heavy atom. The van der Waals surface area contributed by atoms with Crippen molar-refractivity contribution in [1.82, 2.24) is 4.90 Å². The molecule has 1 rings (SSSR count). The zero-order valence-electron chi connectivity index (χ0n) is 8.49. The first-order valence-corrected chi connectivity index (χ1v) is 5.01. The molecule has 0 saturated carbocycles. The van der Waals surface area contributed by atoms with Crippen molar-refractivity contribution in [2.75, 3.05) is 19.6 Å². The van der Waals surface area contributed by atoms with Crippen LogP contribution in [0.2, 0.25) is 0 Å². The van der Waals surface area contributed by atoms with Crippen molar-refractivity contribution in [2.24, 2.45) is 0 Å². The van der Waals surface area contributed by atoms with Gasteiger partial charge in [-0.2, -0.15) is 5.26 Å². The summed E-state index contributed by atoms with van der Waals surface area (Å²) in [4.78, 5) is 2.13. The molecule has 0 aromatic carbocycles. The molecular formula is C10H18N2O. The van der Waals surface area contributed by atoms with Crippen LogP contribution in [-0.4, -0.2) is 36.7 Å². The van der Waals surface area contributed by atoms with Gasteiger partial charge in [0.05, 0.1) is 24.8 Å². The predicted molar refractivity (Wildman–Crippen MR) is 51.3 cm³/mol. The number of hydrogen-bond acceptors (Lipinski definition) is 3. The summed E-state index contributed by atoms with van der Waals surface area (Å²) in [6, 6.07) is 2.17. The highest BCUT2D eigenvalue weighted by molar-refractivity contribution is 4.80. The summed E-state index contributed by atoms with van der Waals surface area (Å²) in [6.07, 6.45) is 3.06. The van der Waals surface area contributed by atoms with Gasteiger partial charge in [-0.1, -0.05) is 6.92 Å². The van der Waals surface area contributed by atoms with Crippen molar-refractivity contribution in [3.8, 4) is 6.07 Å². The van der Waals surface area contributed by atoms with Gasteiger partial charge in [-0.3, -0.25) is 4.90 Å². The van der Waals surface area contributed by atoms with E-state index >= 15 is 0 Å². The Kier molecular flexibility index (Phi) is 4.20. The van der Waals surface area contributed by atoms with Gasteiger partial charge in [-0.15, -0.1) is 0 Å². The number of nitrogens with zero attached hydrogens (tertiary/aromatic N) is 2. The standard InChI is InChI=1S/C10H18N2O/c1-3-12(7-6-11)8-10-5-4-9(2)13-10/h9-10H,3-5,7-8H2,1-2H3. The van der Waals surface area contributed by atoms with Crippen LogP contribution in [0.25, 0.3) is 0 Å². The Morgan fingerprint density at radius 2 is 2.31 bits per heavy atom. The molecule has 0 amide bonds. The minimum Gasteiger partial charge on any atom is -0.374 e. The van der Waals surface area contributed by atoms with Gasteiger partial charge in [0, 0.05) is 6.54 Å². The van der Waals surface area contributed by atoms with Crippen molar-refractivity contribution in [3.05, 3.63) is 0 Å². The second-order valence-corrected chi connectivity index (χ2v) is 3.63. The normalized spacial score (nSPS) is 27.8. The largest absolute Gasteiger partial charge is 0.374 e. The molecule has 0 N–H and O–H groups in total. The maximum atomic E-state index is 8.56. The highest BCUT2D eigenvalue weighted by Crippen LogP contribution is 2.19. The second kappa shape index (κ2) is 5.21. The minimum absolute atomic E-state index is 0.350. The highest BCUT2D eigenvalue weighted by atomic mass is 16.5. The maximum absolute atomic E-state index is 8.56. The number of rotatable bonds is 4. The van der Waals surface area contributed by atoms with E-state index in [1.807, 2.05) is 0 Å². The third kappa shape index (κ3) is 3.33. The van der Waals surface area contributed by atoms with Gasteiger partial charge < -0.3 is 4.74 Å². The Balaban J connectivity index is 2.26. The molecule has 3 heteroatoms. The van der Waals surface area contributed by atoms with E-state index in [4.69, 9.17) is 10.00 Å². The molecule has 74 valence electrons. The summed E-state index contributed by atoms with van der Waals surface area (Å²) in [5, 5.41) is 8.56.